The van der Waals surface area contributed by atoms with Gasteiger partial charge in [0, 0.05) is 24.2 Å². The smallest absolute Gasteiger partial charge is 0.229 e. The summed E-state index contributed by atoms with van der Waals surface area (Å²) in [5.41, 5.74) is 3.35. The van der Waals surface area contributed by atoms with Gasteiger partial charge >= 0.3 is 0 Å². The van der Waals surface area contributed by atoms with Crippen molar-refractivity contribution < 1.29 is 0 Å². The van der Waals surface area contributed by atoms with Gasteiger partial charge < -0.3 is 10.2 Å². The molecule has 1 fully saturated rings. The van der Waals surface area contributed by atoms with Crippen molar-refractivity contribution in [3.8, 4) is 0 Å². The minimum Gasteiger partial charge on any atom is -0.356 e. The van der Waals surface area contributed by atoms with Crippen LogP contribution in [0.1, 0.15) is 31.7 Å². The fraction of sp³-hybridized carbons (Fsp3) is 0.333. The van der Waals surface area contributed by atoms with E-state index >= 15 is 0 Å². The maximum absolute atomic E-state index is 4.87. The van der Waals surface area contributed by atoms with Crippen molar-refractivity contribution in [1.82, 2.24) is 9.97 Å². The van der Waals surface area contributed by atoms with Gasteiger partial charge in [-0.15, -0.1) is 0 Å². The molecule has 4 rings (SSSR count). The van der Waals surface area contributed by atoms with Crippen LogP contribution in [0.3, 0.4) is 0 Å². The Morgan fingerprint density at radius 1 is 0.920 bits per heavy atom. The van der Waals surface area contributed by atoms with Gasteiger partial charge in [0.15, 0.2) is 0 Å². The van der Waals surface area contributed by atoms with Crippen LogP contribution in [0.25, 0.3) is 10.9 Å². The van der Waals surface area contributed by atoms with Crippen LogP contribution in [0, 0.1) is 0 Å². The van der Waals surface area contributed by atoms with Crippen molar-refractivity contribution in [2.45, 2.75) is 32.6 Å². The first-order valence-corrected chi connectivity index (χ1v) is 9.21. The van der Waals surface area contributed by atoms with Crippen LogP contribution in [0.4, 0.5) is 17.5 Å². The van der Waals surface area contributed by atoms with E-state index in [9.17, 15) is 0 Å². The highest BCUT2D eigenvalue weighted by molar-refractivity contribution is 5.90. The molecule has 1 saturated heterocycles. The van der Waals surface area contributed by atoms with Crippen LogP contribution >= 0.6 is 0 Å². The van der Waals surface area contributed by atoms with Gasteiger partial charge in [0.05, 0.1) is 5.52 Å². The van der Waals surface area contributed by atoms with E-state index in [4.69, 9.17) is 9.97 Å². The van der Waals surface area contributed by atoms with Crippen LogP contribution in [-0.4, -0.2) is 23.1 Å². The van der Waals surface area contributed by atoms with Gasteiger partial charge in [-0.3, -0.25) is 0 Å². The second kappa shape index (κ2) is 7.09. The SMILES string of the molecule is CCc1ccc(Nc2nc(N3CCCCC3)c3ccccc3n2)cc1. The second-order valence-corrected chi connectivity index (χ2v) is 6.61. The molecule has 0 spiro atoms. The third kappa shape index (κ3) is 3.43. The number of benzene rings is 2. The second-order valence-electron chi connectivity index (χ2n) is 6.61. The number of fused-ring (bicyclic) bond motifs is 1. The van der Waals surface area contributed by atoms with Crippen molar-refractivity contribution >= 4 is 28.4 Å². The summed E-state index contributed by atoms with van der Waals surface area (Å²) in [5, 5.41) is 4.51. The summed E-state index contributed by atoms with van der Waals surface area (Å²) in [7, 11) is 0. The minimum absolute atomic E-state index is 0.670. The van der Waals surface area contributed by atoms with E-state index in [1.165, 1.54) is 24.8 Å². The summed E-state index contributed by atoms with van der Waals surface area (Å²) < 4.78 is 0. The Morgan fingerprint density at radius 3 is 2.44 bits per heavy atom. The molecule has 0 atom stereocenters. The Kier molecular flexibility index (Phi) is 4.51. The largest absolute Gasteiger partial charge is 0.356 e. The summed E-state index contributed by atoms with van der Waals surface area (Å²) in [6.07, 6.45) is 4.83. The Hall–Kier alpha value is -2.62. The molecule has 0 aliphatic carbocycles. The van der Waals surface area contributed by atoms with E-state index in [2.05, 4.69) is 59.6 Å². The zero-order valence-electron chi connectivity index (χ0n) is 14.7. The number of piperidine rings is 1. The van der Waals surface area contributed by atoms with E-state index in [1.54, 1.807) is 0 Å². The molecule has 3 aromatic rings. The fourth-order valence-corrected chi connectivity index (χ4v) is 3.42. The van der Waals surface area contributed by atoms with Gasteiger partial charge in [0.2, 0.25) is 5.95 Å². The first-order chi connectivity index (χ1) is 12.3. The molecule has 1 aliphatic rings. The van der Waals surface area contributed by atoms with Gasteiger partial charge in [-0.2, -0.15) is 4.98 Å². The molecular formula is C21H24N4. The molecule has 1 N–H and O–H groups in total. The zero-order valence-corrected chi connectivity index (χ0v) is 14.7. The van der Waals surface area contributed by atoms with Crippen molar-refractivity contribution in [1.29, 1.82) is 0 Å². The molecule has 4 heteroatoms. The Balaban J connectivity index is 1.70. The van der Waals surface area contributed by atoms with Crippen molar-refractivity contribution in [2.75, 3.05) is 23.3 Å². The predicted molar refractivity (Wildman–Crippen MR) is 105 cm³/mol. The summed E-state index contributed by atoms with van der Waals surface area (Å²) in [6, 6.07) is 16.8. The Labute approximate surface area is 148 Å². The third-order valence-electron chi connectivity index (χ3n) is 4.86. The Bertz CT molecular complexity index is 851. The number of nitrogens with one attached hydrogen (secondary N) is 1. The van der Waals surface area contributed by atoms with E-state index in [0.717, 1.165) is 41.9 Å². The molecule has 2 aromatic carbocycles. The van der Waals surface area contributed by atoms with E-state index in [1.807, 2.05) is 6.07 Å². The lowest BCUT2D eigenvalue weighted by Gasteiger charge is -2.29. The minimum atomic E-state index is 0.670. The molecule has 25 heavy (non-hydrogen) atoms. The summed E-state index contributed by atoms with van der Waals surface area (Å²) in [4.78, 5) is 12.0. The molecule has 0 saturated carbocycles. The number of hydrogen-bond donors (Lipinski definition) is 1. The first-order valence-electron chi connectivity index (χ1n) is 9.21. The number of nitrogens with zero attached hydrogens (tertiary/aromatic N) is 3. The summed E-state index contributed by atoms with van der Waals surface area (Å²) in [5.74, 6) is 1.72. The molecule has 0 unspecified atom stereocenters. The summed E-state index contributed by atoms with van der Waals surface area (Å²) >= 11 is 0. The highest BCUT2D eigenvalue weighted by Gasteiger charge is 2.17. The van der Waals surface area contributed by atoms with Crippen molar-refractivity contribution in [3.63, 3.8) is 0 Å². The topological polar surface area (TPSA) is 41.1 Å². The lowest BCUT2D eigenvalue weighted by Crippen LogP contribution is -2.30. The number of rotatable bonds is 4. The van der Waals surface area contributed by atoms with Gasteiger partial charge in [-0.05, 0) is 55.5 Å². The molecule has 0 radical (unpaired) electrons. The standard InChI is InChI=1S/C21H24N4/c1-2-16-10-12-17(13-11-16)22-21-23-19-9-5-4-8-18(19)20(24-21)25-14-6-3-7-15-25/h4-5,8-13H,2-3,6-7,14-15H2,1H3,(H,22,23,24). The van der Waals surface area contributed by atoms with Gasteiger partial charge in [-0.1, -0.05) is 31.2 Å². The average molecular weight is 332 g/mol. The number of para-hydroxylation sites is 1. The quantitative estimate of drug-likeness (QED) is 0.736. The van der Waals surface area contributed by atoms with Gasteiger partial charge in [0.1, 0.15) is 5.82 Å². The average Bonchev–Trinajstić information content (AvgIpc) is 2.68. The number of hydrogen-bond acceptors (Lipinski definition) is 4. The zero-order chi connectivity index (χ0) is 17.1. The molecule has 0 amide bonds. The van der Waals surface area contributed by atoms with Crippen LogP contribution < -0.4 is 10.2 Å². The highest BCUT2D eigenvalue weighted by Crippen LogP contribution is 2.28. The monoisotopic (exact) mass is 332 g/mol. The van der Waals surface area contributed by atoms with Gasteiger partial charge in [0.25, 0.3) is 0 Å². The highest BCUT2D eigenvalue weighted by atomic mass is 15.2. The number of aryl methyl sites for hydroxylation is 1. The number of anilines is 3. The summed E-state index contributed by atoms with van der Waals surface area (Å²) in [6.45, 7) is 4.32. The lowest BCUT2D eigenvalue weighted by molar-refractivity contribution is 0.575. The molecule has 4 nitrogen and oxygen atoms in total. The third-order valence-corrected chi connectivity index (χ3v) is 4.86. The maximum atomic E-state index is 4.87. The lowest BCUT2D eigenvalue weighted by atomic mass is 10.1. The molecule has 2 heterocycles. The first kappa shape index (κ1) is 15.9. The molecule has 1 aliphatic heterocycles. The fourth-order valence-electron chi connectivity index (χ4n) is 3.42. The van der Waals surface area contributed by atoms with E-state index in [-0.39, 0.29) is 0 Å². The predicted octanol–water partition coefficient (Wildman–Crippen LogP) is 4.93. The molecular weight excluding hydrogens is 308 g/mol. The Morgan fingerprint density at radius 2 is 1.68 bits per heavy atom. The van der Waals surface area contributed by atoms with Gasteiger partial charge in [-0.25, -0.2) is 4.98 Å². The van der Waals surface area contributed by atoms with Crippen molar-refractivity contribution in [2.24, 2.45) is 0 Å². The van der Waals surface area contributed by atoms with Crippen LogP contribution in [0.15, 0.2) is 48.5 Å². The van der Waals surface area contributed by atoms with Crippen molar-refractivity contribution in [3.05, 3.63) is 54.1 Å². The van der Waals surface area contributed by atoms with Crippen LogP contribution in [0.5, 0.6) is 0 Å². The maximum Gasteiger partial charge on any atom is 0.229 e. The van der Waals surface area contributed by atoms with E-state index < -0.39 is 0 Å². The molecule has 1 aromatic heterocycles. The van der Waals surface area contributed by atoms with Crippen LogP contribution in [-0.2, 0) is 6.42 Å². The normalized spacial score (nSPS) is 14.7. The number of aromatic nitrogens is 2. The molecule has 128 valence electrons. The molecule has 0 bridgehead atoms. The van der Waals surface area contributed by atoms with Crippen LogP contribution in [0.2, 0.25) is 0 Å². The van der Waals surface area contributed by atoms with E-state index in [0.29, 0.717) is 5.95 Å².